The molecule has 0 aliphatic rings. The number of carbonyl (C=O) groups is 1. The number of fused-ring (bicyclic) bond motifs is 1. The second-order valence-corrected chi connectivity index (χ2v) is 7.99. The Labute approximate surface area is 135 Å². The summed E-state index contributed by atoms with van der Waals surface area (Å²) in [6.07, 6.45) is 0. The van der Waals surface area contributed by atoms with Crippen molar-refractivity contribution in [3.8, 4) is 0 Å². The van der Waals surface area contributed by atoms with Gasteiger partial charge in [0, 0.05) is 11.6 Å². The molecule has 0 amide bonds. The fraction of sp³-hybridized carbons (Fsp3) is 0.444. The van der Waals surface area contributed by atoms with E-state index < -0.39 is 5.24 Å². The first-order chi connectivity index (χ1) is 9.91. The van der Waals surface area contributed by atoms with Gasteiger partial charge < -0.3 is 4.42 Å². The Morgan fingerprint density at radius 1 is 1.00 bits per heavy atom. The predicted octanol–water partition coefficient (Wildman–Crippen LogP) is 4.77. The number of hydrogen-bond acceptors (Lipinski definition) is 3. The van der Waals surface area contributed by atoms with E-state index in [1.165, 1.54) is 0 Å². The molecule has 1 aromatic heterocycles. The van der Waals surface area contributed by atoms with Crippen LogP contribution >= 0.6 is 11.6 Å². The minimum atomic E-state index is -0.765. The van der Waals surface area contributed by atoms with Gasteiger partial charge in [0.15, 0.2) is 11.2 Å². The van der Waals surface area contributed by atoms with Gasteiger partial charge in [0.05, 0.1) is 5.39 Å². The lowest BCUT2D eigenvalue weighted by Gasteiger charge is -2.25. The first-order valence-corrected chi connectivity index (χ1v) is 7.62. The zero-order chi connectivity index (χ0) is 16.9. The molecule has 0 saturated heterocycles. The molecule has 4 heteroatoms. The number of rotatable bonds is 1. The number of carbonyl (C=O) groups excluding carboxylic acids is 1. The zero-order valence-electron chi connectivity index (χ0n) is 13.8. The molecule has 0 aliphatic carbocycles. The summed E-state index contributed by atoms with van der Waals surface area (Å²) in [7, 11) is 0. The summed E-state index contributed by atoms with van der Waals surface area (Å²) in [6.45, 7) is 12.4. The van der Waals surface area contributed by atoms with Gasteiger partial charge in [-0.1, -0.05) is 47.6 Å². The van der Waals surface area contributed by atoms with Crippen molar-refractivity contribution in [1.29, 1.82) is 0 Å². The maximum Gasteiger partial charge on any atom is 0.287 e. The molecule has 0 spiro atoms. The van der Waals surface area contributed by atoms with Crippen LogP contribution in [0, 0.1) is 0 Å². The van der Waals surface area contributed by atoms with Crippen LogP contribution in [0.25, 0.3) is 11.0 Å². The molecule has 118 valence electrons. The SMILES string of the molecule is CC(C)(C)c1cc(C(C)(C)C)c2oc(C(=O)Cl)cc(=O)c2c1. The molecule has 0 unspecified atom stereocenters. The average Bonchev–Trinajstić information content (AvgIpc) is 2.35. The van der Waals surface area contributed by atoms with Crippen LogP contribution in [0.2, 0.25) is 0 Å². The van der Waals surface area contributed by atoms with Crippen molar-refractivity contribution in [2.75, 3.05) is 0 Å². The van der Waals surface area contributed by atoms with Gasteiger partial charge in [-0.2, -0.15) is 0 Å². The summed E-state index contributed by atoms with van der Waals surface area (Å²) in [4.78, 5) is 23.8. The third-order valence-corrected chi connectivity index (χ3v) is 3.88. The molecule has 1 heterocycles. The lowest BCUT2D eigenvalue weighted by molar-refractivity contribution is 0.105. The standard InChI is InChI=1S/C18H21ClO3/c1-17(2,3)10-7-11-13(20)9-14(16(19)21)22-15(11)12(8-10)18(4,5)6/h7-9H,1-6H3. The van der Waals surface area contributed by atoms with Gasteiger partial charge in [-0.3, -0.25) is 9.59 Å². The Morgan fingerprint density at radius 2 is 1.59 bits per heavy atom. The van der Waals surface area contributed by atoms with Gasteiger partial charge in [-0.25, -0.2) is 0 Å². The fourth-order valence-corrected chi connectivity index (χ4v) is 2.44. The van der Waals surface area contributed by atoms with Gasteiger partial charge in [0.25, 0.3) is 5.24 Å². The first-order valence-electron chi connectivity index (χ1n) is 7.24. The van der Waals surface area contributed by atoms with Crippen LogP contribution in [-0.2, 0) is 10.8 Å². The summed E-state index contributed by atoms with van der Waals surface area (Å²) >= 11 is 5.47. The predicted molar refractivity (Wildman–Crippen MR) is 90.1 cm³/mol. The van der Waals surface area contributed by atoms with E-state index in [2.05, 4.69) is 20.8 Å². The Hall–Kier alpha value is -1.61. The molecule has 0 bridgehead atoms. The van der Waals surface area contributed by atoms with E-state index in [9.17, 15) is 9.59 Å². The largest absolute Gasteiger partial charge is 0.451 e. The van der Waals surface area contributed by atoms with Crippen LogP contribution in [0.4, 0.5) is 0 Å². The second-order valence-electron chi connectivity index (χ2n) is 7.65. The maximum absolute atomic E-state index is 12.4. The number of hydrogen-bond donors (Lipinski definition) is 0. The van der Waals surface area contributed by atoms with Crippen LogP contribution in [-0.4, -0.2) is 5.24 Å². The van der Waals surface area contributed by atoms with Gasteiger partial charge in [0.1, 0.15) is 5.58 Å². The monoisotopic (exact) mass is 320 g/mol. The summed E-state index contributed by atoms with van der Waals surface area (Å²) in [6, 6.07) is 5.06. The molecule has 0 fully saturated rings. The van der Waals surface area contributed by atoms with E-state index in [1.807, 2.05) is 32.9 Å². The highest BCUT2D eigenvalue weighted by Gasteiger charge is 2.25. The third kappa shape index (κ3) is 3.09. The van der Waals surface area contributed by atoms with Crippen molar-refractivity contribution in [2.24, 2.45) is 0 Å². The normalized spacial score (nSPS) is 12.7. The maximum atomic E-state index is 12.4. The molecule has 0 saturated carbocycles. The molecular weight excluding hydrogens is 300 g/mol. The van der Waals surface area contributed by atoms with E-state index in [0.29, 0.717) is 11.0 Å². The fourth-order valence-electron chi connectivity index (χ4n) is 2.35. The van der Waals surface area contributed by atoms with E-state index >= 15 is 0 Å². The summed E-state index contributed by atoms with van der Waals surface area (Å²) < 4.78 is 5.65. The van der Waals surface area contributed by atoms with Crippen molar-refractivity contribution < 1.29 is 9.21 Å². The topological polar surface area (TPSA) is 47.3 Å². The van der Waals surface area contributed by atoms with Crippen molar-refractivity contribution >= 4 is 27.8 Å². The molecule has 0 radical (unpaired) electrons. The second kappa shape index (κ2) is 5.24. The Morgan fingerprint density at radius 3 is 2.05 bits per heavy atom. The van der Waals surface area contributed by atoms with Crippen molar-refractivity contribution in [1.82, 2.24) is 0 Å². The molecule has 0 aliphatic heterocycles. The highest BCUT2D eigenvalue weighted by Crippen LogP contribution is 2.34. The number of benzene rings is 1. The Kier molecular flexibility index (Phi) is 3.99. The summed E-state index contributed by atoms with van der Waals surface area (Å²) in [5, 5.41) is -0.280. The molecule has 1 aromatic carbocycles. The van der Waals surface area contributed by atoms with Crippen molar-refractivity contribution in [3.63, 3.8) is 0 Å². The highest BCUT2D eigenvalue weighted by molar-refractivity contribution is 6.67. The van der Waals surface area contributed by atoms with E-state index in [1.54, 1.807) is 0 Å². The van der Waals surface area contributed by atoms with Crippen molar-refractivity contribution in [3.05, 3.63) is 45.3 Å². The zero-order valence-corrected chi connectivity index (χ0v) is 14.6. The van der Waals surface area contributed by atoms with Crippen LogP contribution in [0.15, 0.2) is 27.4 Å². The first kappa shape index (κ1) is 16.8. The van der Waals surface area contributed by atoms with Gasteiger partial charge in [-0.15, -0.1) is 0 Å². The van der Waals surface area contributed by atoms with Crippen LogP contribution in [0.3, 0.4) is 0 Å². The minimum Gasteiger partial charge on any atom is -0.451 e. The molecule has 0 N–H and O–H groups in total. The van der Waals surface area contributed by atoms with Crippen LogP contribution < -0.4 is 5.43 Å². The van der Waals surface area contributed by atoms with E-state index in [4.69, 9.17) is 16.0 Å². The van der Waals surface area contributed by atoms with Crippen LogP contribution in [0.5, 0.6) is 0 Å². The quantitative estimate of drug-likeness (QED) is 0.711. The lowest BCUT2D eigenvalue weighted by Crippen LogP contribution is -2.18. The summed E-state index contributed by atoms with van der Waals surface area (Å²) in [5.41, 5.74) is 1.82. The molecule has 0 atom stereocenters. The van der Waals surface area contributed by atoms with E-state index in [0.717, 1.165) is 17.2 Å². The highest BCUT2D eigenvalue weighted by atomic mass is 35.5. The number of halogens is 1. The molecule has 22 heavy (non-hydrogen) atoms. The van der Waals surface area contributed by atoms with Crippen LogP contribution in [0.1, 0.15) is 63.2 Å². The Bertz CT molecular complexity index is 802. The lowest BCUT2D eigenvalue weighted by atomic mass is 9.79. The molecule has 2 aromatic rings. The van der Waals surface area contributed by atoms with Gasteiger partial charge in [-0.05, 0) is 34.1 Å². The Balaban J connectivity index is 2.98. The summed E-state index contributed by atoms with van der Waals surface area (Å²) in [5.74, 6) is -0.117. The third-order valence-electron chi connectivity index (χ3n) is 3.70. The van der Waals surface area contributed by atoms with E-state index in [-0.39, 0.29) is 22.0 Å². The van der Waals surface area contributed by atoms with Crippen molar-refractivity contribution in [2.45, 2.75) is 52.4 Å². The minimum absolute atomic E-state index is 0.0956. The molecule has 3 nitrogen and oxygen atoms in total. The van der Waals surface area contributed by atoms with Gasteiger partial charge >= 0.3 is 0 Å². The van der Waals surface area contributed by atoms with Gasteiger partial charge in [0.2, 0.25) is 0 Å². The smallest absolute Gasteiger partial charge is 0.287 e. The molecular formula is C18H21ClO3. The molecule has 2 rings (SSSR count). The average molecular weight is 321 g/mol.